The zero-order chi connectivity index (χ0) is 10.9. The fourth-order valence-corrected chi connectivity index (χ4v) is 2.47. The maximum atomic E-state index is 10.7. The molecule has 1 N–H and O–H groups in total. The fraction of sp³-hybridized carbons (Fsp3) is 0.538. The molecule has 3 heteroatoms. The van der Waals surface area contributed by atoms with Gasteiger partial charge in [0.25, 0.3) is 0 Å². The summed E-state index contributed by atoms with van der Waals surface area (Å²) in [5.74, 6) is 0.290. The largest absolute Gasteiger partial charge is 0.385 e. The van der Waals surface area contributed by atoms with Crippen molar-refractivity contribution in [2.45, 2.75) is 18.9 Å². The van der Waals surface area contributed by atoms with Crippen LogP contribution in [0.4, 0.5) is 0 Å². The second-order valence-corrected chi connectivity index (χ2v) is 4.70. The number of hydrogen-bond donors (Lipinski definition) is 1. The van der Waals surface area contributed by atoms with Crippen molar-refractivity contribution in [3.05, 3.63) is 35.9 Å². The van der Waals surface area contributed by atoms with Gasteiger partial charge in [0, 0.05) is 19.0 Å². The number of rotatable bonds is 1. The molecule has 2 rings (SSSR count). The van der Waals surface area contributed by atoms with Gasteiger partial charge in [-0.2, -0.15) is 0 Å². The van der Waals surface area contributed by atoms with Crippen LogP contribution in [0.25, 0.3) is 0 Å². The molecule has 1 aromatic rings. The second kappa shape index (κ2) is 5.17. The van der Waals surface area contributed by atoms with Crippen molar-refractivity contribution in [2.75, 3.05) is 20.1 Å². The molecular formula is C13H20ClNO. The summed E-state index contributed by atoms with van der Waals surface area (Å²) in [6.45, 7) is 4.06. The van der Waals surface area contributed by atoms with Crippen molar-refractivity contribution in [1.29, 1.82) is 0 Å². The van der Waals surface area contributed by atoms with E-state index >= 15 is 0 Å². The van der Waals surface area contributed by atoms with Gasteiger partial charge in [0.1, 0.15) is 0 Å². The number of piperidine rings is 1. The zero-order valence-corrected chi connectivity index (χ0v) is 10.7. The maximum absolute atomic E-state index is 10.7. The highest BCUT2D eigenvalue weighted by atomic mass is 35.5. The van der Waals surface area contributed by atoms with Crippen LogP contribution in [0.5, 0.6) is 0 Å². The second-order valence-electron chi connectivity index (χ2n) is 4.70. The van der Waals surface area contributed by atoms with E-state index < -0.39 is 5.60 Å². The summed E-state index contributed by atoms with van der Waals surface area (Å²) in [4.78, 5) is 2.28. The van der Waals surface area contributed by atoms with Crippen molar-refractivity contribution in [3.63, 3.8) is 0 Å². The van der Waals surface area contributed by atoms with Crippen molar-refractivity contribution < 1.29 is 5.11 Å². The van der Waals surface area contributed by atoms with Gasteiger partial charge in [0.15, 0.2) is 0 Å². The van der Waals surface area contributed by atoms with Crippen LogP contribution in [0.1, 0.15) is 18.9 Å². The minimum absolute atomic E-state index is 0. The lowest BCUT2D eigenvalue weighted by atomic mass is 9.77. The van der Waals surface area contributed by atoms with E-state index in [-0.39, 0.29) is 12.4 Å². The van der Waals surface area contributed by atoms with Crippen molar-refractivity contribution >= 4 is 12.4 Å². The van der Waals surface area contributed by atoms with E-state index in [2.05, 4.69) is 18.9 Å². The van der Waals surface area contributed by atoms with E-state index in [1.165, 1.54) is 0 Å². The van der Waals surface area contributed by atoms with E-state index in [4.69, 9.17) is 0 Å². The SMILES string of the molecule is CC1CN(C)CCC1(O)c1ccccc1.Cl. The quantitative estimate of drug-likeness (QED) is 0.816. The molecule has 1 heterocycles. The van der Waals surface area contributed by atoms with Gasteiger partial charge >= 0.3 is 0 Å². The number of nitrogens with zero attached hydrogens (tertiary/aromatic N) is 1. The fourth-order valence-electron chi connectivity index (χ4n) is 2.47. The predicted molar refractivity (Wildman–Crippen MR) is 68.9 cm³/mol. The molecular weight excluding hydrogens is 222 g/mol. The first kappa shape index (κ1) is 13.5. The van der Waals surface area contributed by atoms with Crippen LogP contribution in [-0.4, -0.2) is 30.1 Å². The Bertz CT molecular complexity index is 330. The number of halogens is 1. The molecule has 2 nitrogen and oxygen atoms in total. The highest BCUT2D eigenvalue weighted by Gasteiger charge is 2.38. The van der Waals surface area contributed by atoms with E-state index in [0.717, 1.165) is 25.1 Å². The van der Waals surface area contributed by atoms with E-state index in [1.54, 1.807) is 0 Å². The van der Waals surface area contributed by atoms with Crippen LogP contribution >= 0.6 is 12.4 Å². The standard InChI is InChI=1S/C13H19NO.ClH/c1-11-10-14(2)9-8-13(11,15)12-6-4-3-5-7-12;/h3-7,11,15H,8-10H2,1-2H3;1H. The van der Waals surface area contributed by atoms with Crippen LogP contribution in [-0.2, 0) is 5.60 Å². The lowest BCUT2D eigenvalue weighted by Crippen LogP contribution is -2.47. The van der Waals surface area contributed by atoms with Crippen molar-refractivity contribution in [2.24, 2.45) is 5.92 Å². The summed E-state index contributed by atoms with van der Waals surface area (Å²) < 4.78 is 0. The highest BCUT2D eigenvalue weighted by molar-refractivity contribution is 5.85. The first-order chi connectivity index (χ1) is 7.13. The molecule has 0 aromatic heterocycles. The van der Waals surface area contributed by atoms with Gasteiger partial charge < -0.3 is 10.0 Å². The molecule has 1 aliphatic rings. The summed E-state index contributed by atoms with van der Waals surface area (Å²) in [5.41, 5.74) is 0.430. The van der Waals surface area contributed by atoms with Crippen molar-refractivity contribution in [1.82, 2.24) is 4.90 Å². The lowest BCUT2D eigenvalue weighted by molar-refractivity contribution is -0.0659. The number of likely N-dealkylation sites (tertiary alicyclic amines) is 1. The van der Waals surface area contributed by atoms with Gasteiger partial charge in [-0.3, -0.25) is 0 Å². The maximum Gasteiger partial charge on any atom is 0.0946 e. The molecule has 1 fully saturated rings. The summed E-state index contributed by atoms with van der Waals surface area (Å²) in [5, 5.41) is 10.7. The molecule has 1 aliphatic heterocycles. The summed E-state index contributed by atoms with van der Waals surface area (Å²) in [7, 11) is 2.11. The molecule has 90 valence electrons. The Morgan fingerprint density at radius 3 is 2.50 bits per heavy atom. The molecule has 1 saturated heterocycles. The van der Waals surface area contributed by atoms with Crippen LogP contribution < -0.4 is 0 Å². The van der Waals surface area contributed by atoms with Gasteiger partial charge in [-0.25, -0.2) is 0 Å². The van der Waals surface area contributed by atoms with Gasteiger partial charge in [0.05, 0.1) is 5.60 Å². The van der Waals surface area contributed by atoms with E-state index in [0.29, 0.717) is 5.92 Å². The van der Waals surface area contributed by atoms with Gasteiger partial charge in [-0.1, -0.05) is 37.3 Å². The topological polar surface area (TPSA) is 23.5 Å². The third kappa shape index (κ3) is 2.40. The smallest absolute Gasteiger partial charge is 0.0946 e. The molecule has 0 aliphatic carbocycles. The molecule has 0 saturated carbocycles. The Balaban J connectivity index is 0.00000128. The summed E-state index contributed by atoms with van der Waals surface area (Å²) in [6, 6.07) is 10.0. The molecule has 16 heavy (non-hydrogen) atoms. The van der Waals surface area contributed by atoms with E-state index in [9.17, 15) is 5.11 Å². The first-order valence-electron chi connectivity index (χ1n) is 5.59. The third-order valence-corrected chi connectivity index (χ3v) is 3.55. The Labute approximate surface area is 104 Å². The van der Waals surface area contributed by atoms with Crippen LogP contribution in [0.15, 0.2) is 30.3 Å². The van der Waals surface area contributed by atoms with Gasteiger partial charge in [-0.05, 0) is 19.0 Å². The normalized spacial score (nSPS) is 30.8. The van der Waals surface area contributed by atoms with Gasteiger partial charge in [0.2, 0.25) is 0 Å². The van der Waals surface area contributed by atoms with E-state index in [1.807, 2.05) is 30.3 Å². The Morgan fingerprint density at radius 2 is 1.94 bits per heavy atom. The molecule has 2 unspecified atom stereocenters. The average molecular weight is 242 g/mol. The van der Waals surface area contributed by atoms with Gasteiger partial charge in [-0.15, -0.1) is 12.4 Å². The molecule has 0 radical (unpaired) electrons. The third-order valence-electron chi connectivity index (χ3n) is 3.55. The number of aliphatic hydroxyl groups is 1. The highest BCUT2D eigenvalue weighted by Crippen LogP contribution is 2.36. The number of hydrogen-bond acceptors (Lipinski definition) is 2. The minimum atomic E-state index is -0.631. The minimum Gasteiger partial charge on any atom is -0.385 e. The van der Waals surface area contributed by atoms with Crippen LogP contribution in [0, 0.1) is 5.92 Å². The Morgan fingerprint density at radius 1 is 1.31 bits per heavy atom. The molecule has 2 atom stereocenters. The van der Waals surface area contributed by atoms with Crippen LogP contribution in [0.3, 0.4) is 0 Å². The molecule has 0 bridgehead atoms. The molecule has 1 aromatic carbocycles. The Hall–Kier alpha value is -0.570. The summed E-state index contributed by atoms with van der Waals surface area (Å²) in [6.07, 6.45) is 0.828. The first-order valence-corrected chi connectivity index (χ1v) is 5.59. The predicted octanol–water partition coefficient (Wildman–Crippen LogP) is 2.27. The zero-order valence-electron chi connectivity index (χ0n) is 9.89. The average Bonchev–Trinajstić information content (AvgIpc) is 2.25. The molecule has 0 amide bonds. The number of benzene rings is 1. The van der Waals surface area contributed by atoms with Crippen LogP contribution in [0.2, 0.25) is 0 Å². The Kier molecular flexibility index (Phi) is 4.36. The monoisotopic (exact) mass is 241 g/mol. The van der Waals surface area contributed by atoms with Crippen molar-refractivity contribution in [3.8, 4) is 0 Å². The summed E-state index contributed by atoms with van der Waals surface area (Å²) >= 11 is 0. The lowest BCUT2D eigenvalue weighted by Gasteiger charge is -2.42. The molecule has 0 spiro atoms.